The second-order valence-corrected chi connectivity index (χ2v) is 4.11. The summed E-state index contributed by atoms with van der Waals surface area (Å²) in [6.45, 7) is 3.65. The van der Waals surface area contributed by atoms with Crippen LogP contribution in [-0.2, 0) is 9.53 Å². The van der Waals surface area contributed by atoms with Crippen LogP contribution in [0.3, 0.4) is 0 Å². The van der Waals surface area contributed by atoms with Crippen LogP contribution in [0.4, 0.5) is 8.78 Å². The van der Waals surface area contributed by atoms with Gasteiger partial charge in [-0.1, -0.05) is 6.08 Å². The predicted octanol–water partition coefficient (Wildman–Crippen LogP) is 2.93. The predicted molar refractivity (Wildman–Crippen MR) is 59.1 cm³/mol. The third kappa shape index (κ3) is 1.95. The van der Waals surface area contributed by atoms with Crippen LogP contribution in [0.1, 0.15) is 19.4 Å². The molecule has 1 aliphatic carbocycles. The van der Waals surface area contributed by atoms with E-state index in [-0.39, 0.29) is 12.2 Å². The molecule has 2 rings (SSSR count). The molecule has 0 bridgehead atoms. The van der Waals surface area contributed by atoms with Crippen molar-refractivity contribution in [2.45, 2.75) is 13.8 Å². The molecule has 0 saturated carbocycles. The lowest BCUT2D eigenvalue weighted by atomic mass is 9.98. The van der Waals surface area contributed by atoms with Crippen molar-refractivity contribution >= 4 is 11.5 Å². The maximum Gasteiger partial charge on any atom is 0.320 e. The highest BCUT2D eigenvalue weighted by Gasteiger charge is 2.49. The zero-order chi connectivity index (χ0) is 12.6. The third-order valence-corrected chi connectivity index (χ3v) is 2.83. The topological polar surface area (TPSA) is 26.3 Å². The largest absolute Gasteiger partial charge is 0.465 e. The summed E-state index contributed by atoms with van der Waals surface area (Å²) in [4.78, 5) is 11.6. The second-order valence-electron chi connectivity index (χ2n) is 4.11. The summed E-state index contributed by atoms with van der Waals surface area (Å²) in [5.74, 6) is -1.70. The quantitative estimate of drug-likeness (QED) is 0.757. The summed E-state index contributed by atoms with van der Waals surface area (Å²) in [6.07, 6.45) is 1.63. The van der Waals surface area contributed by atoms with E-state index in [1.54, 1.807) is 19.9 Å². The van der Waals surface area contributed by atoms with E-state index in [2.05, 4.69) is 0 Å². The first kappa shape index (κ1) is 11.8. The summed E-state index contributed by atoms with van der Waals surface area (Å²) in [7, 11) is 0. The number of rotatable bonds is 3. The van der Waals surface area contributed by atoms with Gasteiger partial charge in [-0.25, -0.2) is 8.78 Å². The summed E-state index contributed by atoms with van der Waals surface area (Å²) < 4.78 is 31.1. The lowest BCUT2D eigenvalue weighted by Gasteiger charge is -2.11. The second kappa shape index (κ2) is 3.95. The normalized spacial score (nSPS) is 22.0. The molecule has 0 amide bonds. The van der Waals surface area contributed by atoms with Crippen LogP contribution in [0.25, 0.3) is 5.57 Å². The first-order valence-corrected chi connectivity index (χ1v) is 5.35. The zero-order valence-corrected chi connectivity index (χ0v) is 9.59. The molecule has 4 heteroatoms. The smallest absolute Gasteiger partial charge is 0.320 e. The Morgan fingerprint density at radius 2 is 2.12 bits per heavy atom. The Balaban J connectivity index is 2.22. The zero-order valence-electron chi connectivity index (χ0n) is 9.59. The molecule has 0 aromatic heterocycles. The minimum Gasteiger partial charge on any atom is -0.465 e. The molecule has 1 aliphatic rings. The molecular weight excluding hydrogens is 226 g/mol. The van der Waals surface area contributed by atoms with E-state index < -0.39 is 23.0 Å². The van der Waals surface area contributed by atoms with E-state index in [4.69, 9.17) is 4.74 Å². The van der Waals surface area contributed by atoms with Gasteiger partial charge in [-0.05, 0) is 31.6 Å². The van der Waals surface area contributed by atoms with Gasteiger partial charge in [0, 0.05) is 11.6 Å². The number of halogens is 2. The molecule has 1 aromatic carbocycles. The standard InChI is InChI=1S/C13H12F2O2/c1-3-17-12(16)13(2)7-10(13)9-5-4-8(14)6-11(9)15/h4-7H,3H2,1-2H3. The third-order valence-electron chi connectivity index (χ3n) is 2.83. The number of hydrogen-bond acceptors (Lipinski definition) is 2. The van der Waals surface area contributed by atoms with E-state index in [1.165, 1.54) is 12.1 Å². The molecule has 17 heavy (non-hydrogen) atoms. The molecule has 1 atom stereocenters. The van der Waals surface area contributed by atoms with Gasteiger partial charge >= 0.3 is 5.97 Å². The number of carbonyl (C=O) groups excluding carboxylic acids is 1. The van der Waals surface area contributed by atoms with Crippen molar-refractivity contribution in [2.24, 2.45) is 5.41 Å². The van der Waals surface area contributed by atoms with Gasteiger partial charge in [-0.3, -0.25) is 4.79 Å². The molecular formula is C13H12F2O2. The molecule has 0 N–H and O–H groups in total. The monoisotopic (exact) mass is 238 g/mol. The number of benzene rings is 1. The van der Waals surface area contributed by atoms with E-state index in [9.17, 15) is 13.6 Å². The number of carbonyl (C=O) groups is 1. The maximum absolute atomic E-state index is 13.5. The average Bonchev–Trinajstić information content (AvgIpc) is 2.92. The fourth-order valence-corrected chi connectivity index (χ4v) is 1.77. The van der Waals surface area contributed by atoms with Gasteiger partial charge in [0.1, 0.15) is 17.0 Å². The van der Waals surface area contributed by atoms with Gasteiger partial charge in [0.05, 0.1) is 6.61 Å². The van der Waals surface area contributed by atoms with Crippen LogP contribution in [0.5, 0.6) is 0 Å². The van der Waals surface area contributed by atoms with E-state index >= 15 is 0 Å². The van der Waals surface area contributed by atoms with Crippen molar-refractivity contribution in [1.29, 1.82) is 0 Å². The average molecular weight is 238 g/mol. The molecule has 90 valence electrons. The van der Waals surface area contributed by atoms with Gasteiger partial charge in [0.2, 0.25) is 0 Å². The van der Waals surface area contributed by atoms with Crippen LogP contribution < -0.4 is 0 Å². The molecule has 0 saturated heterocycles. The van der Waals surface area contributed by atoms with Gasteiger partial charge in [-0.2, -0.15) is 0 Å². The highest BCUT2D eigenvalue weighted by molar-refractivity contribution is 6.05. The van der Waals surface area contributed by atoms with Gasteiger partial charge in [0.15, 0.2) is 0 Å². The Hall–Kier alpha value is -1.71. The Kier molecular flexibility index (Phi) is 2.73. The fraction of sp³-hybridized carbons (Fsp3) is 0.308. The van der Waals surface area contributed by atoms with E-state index in [0.717, 1.165) is 6.07 Å². The highest BCUT2D eigenvalue weighted by Crippen LogP contribution is 2.52. The van der Waals surface area contributed by atoms with Gasteiger partial charge in [-0.15, -0.1) is 0 Å². The molecule has 0 fully saturated rings. The molecule has 0 heterocycles. The highest BCUT2D eigenvalue weighted by atomic mass is 19.1. The van der Waals surface area contributed by atoms with E-state index in [0.29, 0.717) is 5.57 Å². The Morgan fingerprint density at radius 3 is 2.71 bits per heavy atom. The fourth-order valence-electron chi connectivity index (χ4n) is 1.77. The first-order valence-electron chi connectivity index (χ1n) is 5.35. The summed E-state index contributed by atoms with van der Waals surface area (Å²) in [6, 6.07) is 3.31. The first-order chi connectivity index (χ1) is 7.99. The van der Waals surface area contributed by atoms with Crippen molar-refractivity contribution in [2.75, 3.05) is 6.61 Å². The van der Waals surface area contributed by atoms with Crippen molar-refractivity contribution in [3.63, 3.8) is 0 Å². The van der Waals surface area contributed by atoms with Crippen LogP contribution in [-0.4, -0.2) is 12.6 Å². The Bertz CT molecular complexity index is 508. The molecule has 0 spiro atoms. The molecule has 2 nitrogen and oxygen atoms in total. The van der Waals surface area contributed by atoms with Crippen molar-refractivity contribution in [1.82, 2.24) is 0 Å². The van der Waals surface area contributed by atoms with Gasteiger partial charge < -0.3 is 4.74 Å². The summed E-state index contributed by atoms with van der Waals surface area (Å²) in [5.41, 5.74) is -0.0651. The Labute approximate surface area is 97.9 Å². The van der Waals surface area contributed by atoms with Crippen LogP contribution >= 0.6 is 0 Å². The number of hydrogen-bond donors (Lipinski definition) is 0. The molecule has 1 aromatic rings. The van der Waals surface area contributed by atoms with Crippen molar-refractivity contribution < 1.29 is 18.3 Å². The van der Waals surface area contributed by atoms with Gasteiger partial charge in [0.25, 0.3) is 0 Å². The van der Waals surface area contributed by atoms with Crippen molar-refractivity contribution in [3.8, 4) is 0 Å². The minimum absolute atomic E-state index is 0.252. The van der Waals surface area contributed by atoms with E-state index in [1.807, 2.05) is 0 Å². The molecule has 1 unspecified atom stereocenters. The summed E-state index contributed by atoms with van der Waals surface area (Å²) in [5, 5.41) is 0. The molecule has 0 aliphatic heterocycles. The van der Waals surface area contributed by atoms with Crippen LogP contribution in [0.15, 0.2) is 24.3 Å². The lowest BCUT2D eigenvalue weighted by Crippen LogP contribution is -2.18. The SMILES string of the molecule is CCOC(=O)C1(C)C=C1c1ccc(F)cc1F. The van der Waals surface area contributed by atoms with Crippen molar-refractivity contribution in [3.05, 3.63) is 41.5 Å². The number of ether oxygens (including phenoxy) is 1. The minimum atomic E-state index is -0.866. The van der Waals surface area contributed by atoms with Crippen LogP contribution in [0, 0.1) is 17.0 Å². The number of esters is 1. The lowest BCUT2D eigenvalue weighted by molar-refractivity contribution is -0.147. The maximum atomic E-state index is 13.5. The Morgan fingerprint density at radius 1 is 1.41 bits per heavy atom. The molecule has 0 radical (unpaired) electrons. The van der Waals surface area contributed by atoms with Crippen LogP contribution in [0.2, 0.25) is 0 Å². The summed E-state index contributed by atoms with van der Waals surface area (Å²) >= 11 is 0.